The third-order valence-electron chi connectivity index (χ3n) is 4.18. The van der Waals surface area contributed by atoms with Gasteiger partial charge in [-0.3, -0.25) is 9.59 Å². The molecule has 0 saturated carbocycles. The molecule has 1 atom stereocenters. The smallest absolute Gasteiger partial charge is 0.251 e. The zero-order chi connectivity index (χ0) is 18.5. The summed E-state index contributed by atoms with van der Waals surface area (Å²) in [6.45, 7) is 3.52. The number of hydrogen-bond acceptors (Lipinski definition) is 6. The maximum atomic E-state index is 12.3. The minimum Gasteiger partial charge on any atom is -0.352 e. The van der Waals surface area contributed by atoms with E-state index >= 15 is 0 Å². The molecule has 1 aliphatic rings. The molecule has 0 aliphatic carbocycles. The Morgan fingerprint density at radius 1 is 1.46 bits per heavy atom. The van der Waals surface area contributed by atoms with Crippen LogP contribution in [0, 0.1) is 17.4 Å². The number of rotatable bonds is 5. The zero-order valence-electron chi connectivity index (χ0n) is 14.4. The van der Waals surface area contributed by atoms with Crippen LogP contribution in [0.15, 0.2) is 30.5 Å². The Bertz CT molecular complexity index is 857. The minimum atomic E-state index is -0.192. The minimum absolute atomic E-state index is 0.111. The van der Waals surface area contributed by atoms with Crippen LogP contribution in [0.25, 0.3) is 10.4 Å². The Hall–Kier alpha value is -2.92. The molecule has 0 bridgehead atoms. The quantitative estimate of drug-likeness (QED) is 0.788. The predicted octanol–water partition coefficient (Wildman–Crippen LogP) is 2.30. The Morgan fingerprint density at radius 3 is 3.04 bits per heavy atom. The van der Waals surface area contributed by atoms with Gasteiger partial charge in [0.05, 0.1) is 10.8 Å². The van der Waals surface area contributed by atoms with Gasteiger partial charge in [-0.1, -0.05) is 23.5 Å². The Labute approximate surface area is 155 Å². The van der Waals surface area contributed by atoms with Crippen molar-refractivity contribution in [2.45, 2.75) is 13.3 Å². The summed E-state index contributed by atoms with van der Waals surface area (Å²) in [5.74, 6) is -0.418. The van der Waals surface area contributed by atoms with Crippen molar-refractivity contribution in [3.63, 3.8) is 0 Å². The molecule has 8 heteroatoms. The maximum Gasteiger partial charge on any atom is 0.251 e. The van der Waals surface area contributed by atoms with Gasteiger partial charge in [-0.15, -0.1) is 0 Å². The van der Waals surface area contributed by atoms with Crippen molar-refractivity contribution < 1.29 is 9.59 Å². The highest BCUT2D eigenvalue weighted by atomic mass is 32.1. The molecule has 7 nitrogen and oxygen atoms in total. The number of nitriles is 1. The van der Waals surface area contributed by atoms with E-state index in [1.165, 1.54) is 11.3 Å². The van der Waals surface area contributed by atoms with Crippen LogP contribution < -0.4 is 10.6 Å². The van der Waals surface area contributed by atoms with Gasteiger partial charge in [0.2, 0.25) is 5.91 Å². The molecule has 0 spiro atoms. The molecule has 1 saturated heterocycles. The van der Waals surface area contributed by atoms with Crippen molar-refractivity contribution in [2.24, 2.45) is 5.92 Å². The van der Waals surface area contributed by atoms with E-state index in [2.05, 4.69) is 21.8 Å². The van der Waals surface area contributed by atoms with Crippen LogP contribution in [0.4, 0.5) is 5.13 Å². The molecule has 1 aromatic heterocycles. The fourth-order valence-electron chi connectivity index (χ4n) is 2.81. The first-order valence-corrected chi connectivity index (χ1v) is 9.22. The molecule has 134 valence electrons. The SMILES string of the molecule is CCNC(=O)c1cccc(-c2cnc(NC(=O)[C@H]3CCN(C#N)C3)s2)c1. The monoisotopic (exact) mass is 369 g/mol. The number of hydrogen-bond donors (Lipinski definition) is 2. The van der Waals surface area contributed by atoms with Crippen molar-refractivity contribution in [2.75, 3.05) is 25.0 Å². The van der Waals surface area contributed by atoms with E-state index < -0.39 is 0 Å². The van der Waals surface area contributed by atoms with E-state index in [0.717, 1.165) is 10.4 Å². The van der Waals surface area contributed by atoms with Gasteiger partial charge in [0, 0.05) is 31.4 Å². The highest BCUT2D eigenvalue weighted by molar-refractivity contribution is 7.19. The van der Waals surface area contributed by atoms with Crippen LogP contribution in [0.5, 0.6) is 0 Å². The van der Waals surface area contributed by atoms with Gasteiger partial charge >= 0.3 is 0 Å². The van der Waals surface area contributed by atoms with Crippen LogP contribution in [0.3, 0.4) is 0 Å². The molecular formula is C18H19N5O2S. The molecule has 0 unspecified atom stereocenters. The molecule has 1 fully saturated rings. The Morgan fingerprint density at radius 2 is 2.31 bits per heavy atom. The van der Waals surface area contributed by atoms with Crippen molar-refractivity contribution in [3.8, 4) is 16.6 Å². The standard InChI is InChI=1S/C18H19N5O2S/c1-2-20-16(24)13-5-3-4-12(8-13)15-9-21-18(26-15)22-17(25)14-6-7-23(10-14)11-19/h3-5,8-9,14H,2,6-7,10H2,1H3,(H,20,24)(H,21,22,25)/t14-/m0/s1. The van der Waals surface area contributed by atoms with Gasteiger partial charge in [-0.25, -0.2) is 4.98 Å². The van der Waals surface area contributed by atoms with Crippen molar-refractivity contribution in [1.29, 1.82) is 5.26 Å². The molecule has 1 aromatic carbocycles. The topological polar surface area (TPSA) is 98.1 Å². The van der Waals surface area contributed by atoms with Crippen molar-refractivity contribution >= 4 is 28.3 Å². The second-order valence-corrected chi connectivity index (χ2v) is 7.02. The van der Waals surface area contributed by atoms with Gasteiger partial charge in [0.25, 0.3) is 5.91 Å². The number of amides is 2. The number of thiazole rings is 1. The van der Waals surface area contributed by atoms with Crippen LogP contribution in [-0.2, 0) is 4.79 Å². The predicted molar refractivity (Wildman–Crippen MR) is 99.5 cm³/mol. The van der Waals surface area contributed by atoms with E-state index in [1.807, 2.05) is 25.1 Å². The molecule has 2 amide bonds. The van der Waals surface area contributed by atoms with E-state index in [1.54, 1.807) is 17.2 Å². The van der Waals surface area contributed by atoms with E-state index in [-0.39, 0.29) is 17.7 Å². The first-order chi connectivity index (χ1) is 12.6. The summed E-state index contributed by atoms with van der Waals surface area (Å²) in [6.07, 6.45) is 4.43. The fourth-order valence-corrected chi connectivity index (χ4v) is 3.63. The third kappa shape index (κ3) is 4.00. The van der Waals surface area contributed by atoms with Crippen LogP contribution in [0.2, 0.25) is 0 Å². The lowest BCUT2D eigenvalue weighted by atomic mass is 10.1. The number of nitrogens with one attached hydrogen (secondary N) is 2. The Balaban J connectivity index is 1.68. The largest absolute Gasteiger partial charge is 0.352 e. The highest BCUT2D eigenvalue weighted by Gasteiger charge is 2.28. The van der Waals surface area contributed by atoms with E-state index in [9.17, 15) is 9.59 Å². The van der Waals surface area contributed by atoms with Gasteiger partial charge in [0.1, 0.15) is 0 Å². The molecule has 2 heterocycles. The van der Waals surface area contributed by atoms with Gasteiger partial charge in [-0.2, -0.15) is 5.26 Å². The lowest BCUT2D eigenvalue weighted by molar-refractivity contribution is -0.119. The highest BCUT2D eigenvalue weighted by Crippen LogP contribution is 2.30. The molecule has 2 N–H and O–H groups in total. The average Bonchev–Trinajstić information content (AvgIpc) is 3.31. The first kappa shape index (κ1) is 17.9. The number of aromatic nitrogens is 1. The summed E-state index contributed by atoms with van der Waals surface area (Å²) in [6, 6.07) is 7.31. The number of nitrogens with zero attached hydrogens (tertiary/aromatic N) is 3. The number of benzene rings is 1. The summed E-state index contributed by atoms with van der Waals surface area (Å²) in [5, 5.41) is 15.0. The fraction of sp³-hybridized carbons (Fsp3) is 0.333. The van der Waals surface area contributed by atoms with Gasteiger partial charge in [0.15, 0.2) is 11.3 Å². The summed E-state index contributed by atoms with van der Waals surface area (Å²) in [4.78, 5) is 31.0. The molecular weight excluding hydrogens is 350 g/mol. The second kappa shape index (κ2) is 7.97. The third-order valence-corrected chi connectivity index (χ3v) is 5.14. The number of likely N-dealkylation sites (tertiary alicyclic amines) is 1. The number of carbonyl (C=O) groups excluding carboxylic acids is 2. The Kier molecular flexibility index (Phi) is 5.49. The van der Waals surface area contributed by atoms with Crippen molar-refractivity contribution in [1.82, 2.24) is 15.2 Å². The molecule has 2 aromatic rings. The summed E-state index contributed by atoms with van der Waals surface area (Å²) in [7, 11) is 0. The summed E-state index contributed by atoms with van der Waals surface area (Å²) in [5.41, 5.74) is 1.47. The number of anilines is 1. The van der Waals surface area contributed by atoms with Crippen molar-refractivity contribution in [3.05, 3.63) is 36.0 Å². The first-order valence-electron chi connectivity index (χ1n) is 8.40. The lowest BCUT2D eigenvalue weighted by Gasteiger charge is -2.08. The van der Waals surface area contributed by atoms with Crippen LogP contribution in [-0.4, -0.2) is 41.3 Å². The maximum absolute atomic E-state index is 12.3. The van der Waals surface area contributed by atoms with Crippen LogP contribution in [0.1, 0.15) is 23.7 Å². The normalized spacial score (nSPS) is 16.2. The molecule has 26 heavy (non-hydrogen) atoms. The van der Waals surface area contributed by atoms with E-state index in [0.29, 0.717) is 36.8 Å². The average molecular weight is 369 g/mol. The van der Waals surface area contributed by atoms with Crippen LogP contribution >= 0.6 is 11.3 Å². The number of carbonyl (C=O) groups is 2. The summed E-state index contributed by atoms with van der Waals surface area (Å²) >= 11 is 1.36. The van der Waals surface area contributed by atoms with Gasteiger partial charge in [-0.05, 0) is 31.0 Å². The molecule has 1 aliphatic heterocycles. The zero-order valence-corrected chi connectivity index (χ0v) is 15.2. The molecule has 0 radical (unpaired) electrons. The lowest BCUT2D eigenvalue weighted by Crippen LogP contribution is -2.25. The molecule has 3 rings (SSSR count). The second-order valence-electron chi connectivity index (χ2n) is 5.99. The summed E-state index contributed by atoms with van der Waals surface area (Å²) < 4.78 is 0. The van der Waals surface area contributed by atoms with Gasteiger partial charge < -0.3 is 15.5 Å². The van der Waals surface area contributed by atoms with E-state index in [4.69, 9.17) is 5.26 Å².